The second kappa shape index (κ2) is 8.96. The molecule has 4 aromatic rings. The molecule has 1 aliphatic carbocycles. The number of ether oxygens (including phenoxy) is 1. The van der Waals surface area contributed by atoms with Crippen molar-refractivity contribution in [1.29, 1.82) is 0 Å². The second-order valence-electron chi connectivity index (χ2n) is 7.80. The van der Waals surface area contributed by atoms with Crippen molar-refractivity contribution in [2.24, 2.45) is 0 Å². The number of fused-ring (bicyclic) bond motifs is 1. The Morgan fingerprint density at radius 3 is 2.88 bits per heavy atom. The van der Waals surface area contributed by atoms with E-state index in [1.165, 1.54) is 47.4 Å². The van der Waals surface area contributed by atoms with Crippen LogP contribution in [-0.4, -0.2) is 20.5 Å². The van der Waals surface area contributed by atoms with Crippen LogP contribution < -0.4 is 15.6 Å². The monoisotopic (exact) mass is 450 g/mol. The Kier molecular flexibility index (Phi) is 5.72. The summed E-state index contributed by atoms with van der Waals surface area (Å²) in [4.78, 5) is 29.9. The van der Waals surface area contributed by atoms with Crippen LogP contribution >= 0.6 is 11.3 Å². The highest BCUT2D eigenvalue weighted by Gasteiger charge is 2.20. The van der Waals surface area contributed by atoms with Gasteiger partial charge in [0.1, 0.15) is 17.4 Å². The van der Waals surface area contributed by atoms with E-state index in [0.717, 1.165) is 17.8 Å². The van der Waals surface area contributed by atoms with E-state index >= 15 is 0 Å². The zero-order valence-corrected chi connectivity index (χ0v) is 18.1. The summed E-state index contributed by atoms with van der Waals surface area (Å²) in [6, 6.07) is 11.7. The van der Waals surface area contributed by atoms with E-state index in [9.17, 15) is 9.59 Å². The summed E-state index contributed by atoms with van der Waals surface area (Å²) in [6.07, 6.45) is 7.39. The van der Waals surface area contributed by atoms with Gasteiger partial charge in [0.05, 0.1) is 12.0 Å². The molecule has 0 atom stereocenters. The van der Waals surface area contributed by atoms with E-state index in [4.69, 9.17) is 9.15 Å². The van der Waals surface area contributed by atoms with Crippen molar-refractivity contribution in [3.05, 3.63) is 75.5 Å². The van der Waals surface area contributed by atoms with Gasteiger partial charge in [0.15, 0.2) is 5.76 Å². The van der Waals surface area contributed by atoms with Gasteiger partial charge >= 0.3 is 0 Å². The van der Waals surface area contributed by atoms with Crippen LogP contribution in [-0.2, 0) is 6.61 Å². The molecule has 1 aromatic carbocycles. The Bertz CT molecular complexity index is 1290. The maximum absolute atomic E-state index is 12.6. The molecule has 5 rings (SSSR count). The van der Waals surface area contributed by atoms with Gasteiger partial charge in [-0.15, -0.1) is 0 Å². The van der Waals surface area contributed by atoms with Crippen LogP contribution in [0, 0.1) is 0 Å². The maximum atomic E-state index is 12.6. The Balaban J connectivity index is 1.28. The maximum Gasteiger partial charge on any atom is 0.291 e. The second-order valence-corrected chi connectivity index (χ2v) is 8.79. The summed E-state index contributed by atoms with van der Waals surface area (Å²) in [6.45, 7) is 0.137. The molecule has 0 aliphatic heterocycles. The van der Waals surface area contributed by atoms with Crippen molar-refractivity contribution >= 4 is 27.9 Å². The molecule has 0 unspecified atom stereocenters. The molecule has 164 valence electrons. The fourth-order valence-electron chi connectivity index (χ4n) is 3.88. The van der Waals surface area contributed by atoms with Crippen molar-refractivity contribution in [2.45, 2.75) is 44.6 Å². The van der Waals surface area contributed by atoms with E-state index in [0.29, 0.717) is 28.0 Å². The summed E-state index contributed by atoms with van der Waals surface area (Å²) < 4.78 is 12.3. The van der Waals surface area contributed by atoms with Crippen LogP contribution in [0.1, 0.15) is 59.3 Å². The third-order valence-electron chi connectivity index (χ3n) is 5.49. The molecule has 0 radical (unpaired) electrons. The molecule has 1 aliphatic rings. The Hall–Kier alpha value is -3.46. The number of nitrogens with zero attached hydrogens (tertiary/aromatic N) is 3. The van der Waals surface area contributed by atoms with Crippen molar-refractivity contribution in [3.8, 4) is 5.75 Å². The zero-order valence-electron chi connectivity index (χ0n) is 17.3. The highest BCUT2D eigenvalue weighted by atomic mass is 32.1. The topological polar surface area (TPSA) is 98.7 Å². The molecule has 32 heavy (non-hydrogen) atoms. The normalized spacial score (nSPS) is 14.5. The van der Waals surface area contributed by atoms with Crippen molar-refractivity contribution in [2.75, 3.05) is 5.32 Å². The van der Waals surface area contributed by atoms with Gasteiger partial charge in [-0.1, -0.05) is 36.7 Å². The number of aromatic nitrogens is 3. The van der Waals surface area contributed by atoms with Crippen LogP contribution in [0.5, 0.6) is 5.75 Å². The first-order valence-corrected chi connectivity index (χ1v) is 11.4. The van der Waals surface area contributed by atoms with E-state index in [2.05, 4.69) is 15.4 Å². The summed E-state index contributed by atoms with van der Waals surface area (Å²) >= 11 is 1.49. The van der Waals surface area contributed by atoms with Crippen LogP contribution in [0.2, 0.25) is 0 Å². The molecule has 0 spiro atoms. The van der Waals surface area contributed by atoms with E-state index in [-0.39, 0.29) is 23.8 Å². The van der Waals surface area contributed by atoms with Crippen LogP contribution in [0.15, 0.2) is 57.9 Å². The van der Waals surface area contributed by atoms with Gasteiger partial charge in [-0.2, -0.15) is 9.61 Å². The molecular weight excluding hydrogens is 428 g/mol. The Labute approximate surface area is 187 Å². The lowest BCUT2D eigenvalue weighted by Crippen LogP contribution is -2.17. The number of furan rings is 1. The molecular formula is C23H22N4O4S. The first-order chi connectivity index (χ1) is 15.7. The number of benzene rings is 1. The molecule has 1 fully saturated rings. The first kappa shape index (κ1) is 20.4. The number of amides is 1. The third-order valence-corrected chi connectivity index (χ3v) is 6.56. The van der Waals surface area contributed by atoms with E-state index in [1.54, 1.807) is 36.4 Å². The minimum absolute atomic E-state index is 0.137. The molecule has 1 saturated carbocycles. The van der Waals surface area contributed by atoms with Crippen molar-refractivity contribution < 1.29 is 13.9 Å². The van der Waals surface area contributed by atoms with Crippen molar-refractivity contribution in [1.82, 2.24) is 14.6 Å². The number of rotatable bonds is 6. The minimum Gasteiger partial charge on any atom is -0.487 e. The Morgan fingerprint density at radius 1 is 1.19 bits per heavy atom. The molecule has 0 saturated heterocycles. The number of hydrogen-bond acceptors (Lipinski definition) is 7. The number of carbonyl (C=O) groups is 1. The van der Waals surface area contributed by atoms with Crippen molar-refractivity contribution in [3.63, 3.8) is 0 Å². The molecule has 1 amide bonds. The fraction of sp³-hybridized carbons (Fsp3) is 0.304. The molecule has 3 aromatic heterocycles. The minimum atomic E-state index is -0.341. The third kappa shape index (κ3) is 4.43. The molecule has 0 bridgehead atoms. The number of hydrogen-bond donors (Lipinski definition) is 1. The number of carbonyl (C=O) groups excluding carboxylic acids is 1. The standard InChI is InChI=1S/C23H22N4O4S/c28-20-13-17(25-23-27(20)26-22(32-23)15-6-2-1-3-7-15)14-31-18-9-4-8-16(12-18)24-21(29)19-10-5-11-30-19/h4-5,8-13,15H,1-3,6-7,14H2,(H,24,29). The number of anilines is 1. The largest absolute Gasteiger partial charge is 0.487 e. The number of nitrogens with one attached hydrogen (secondary N) is 1. The molecule has 8 nitrogen and oxygen atoms in total. The lowest BCUT2D eigenvalue weighted by molar-refractivity contribution is 0.0996. The molecule has 3 heterocycles. The van der Waals surface area contributed by atoms with Crippen LogP contribution in [0.4, 0.5) is 5.69 Å². The van der Waals surface area contributed by atoms with Gasteiger partial charge in [-0.05, 0) is 37.1 Å². The zero-order chi connectivity index (χ0) is 21.9. The van der Waals surface area contributed by atoms with Gasteiger partial charge in [0.2, 0.25) is 4.96 Å². The lowest BCUT2D eigenvalue weighted by Gasteiger charge is -2.18. The summed E-state index contributed by atoms with van der Waals surface area (Å²) in [7, 11) is 0. The van der Waals surface area contributed by atoms with Gasteiger partial charge in [-0.25, -0.2) is 4.98 Å². The Morgan fingerprint density at radius 2 is 2.06 bits per heavy atom. The van der Waals surface area contributed by atoms with Gasteiger partial charge < -0.3 is 14.5 Å². The SMILES string of the molecule is O=C(Nc1cccc(OCc2cc(=O)n3nc(C4CCCCC4)sc3n2)c1)c1ccco1. The first-order valence-electron chi connectivity index (χ1n) is 10.6. The van der Waals surface area contributed by atoms with Crippen LogP contribution in [0.25, 0.3) is 4.96 Å². The molecule has 1 N–H and O–H groups in total. The molecule has 9 heteroatoms. The predicted molar refractivity (Wildman–Crippen MR) is 120 cm³/mol. The van der Waals surface area contributed by atoms with Gasteiger partial charge in [0.25, 0.3) is 11.5 Å². The highest BCUT2D eigenvalue weighted by Crippen LogP contribution is 2.34. The average Bonchev–Trinajstić information content (AvgIpc) is 3.49. The van der Waals surface area contributed by atoms with Gasteiger partial charge in [-0.3, -0.25) is 9.59 Å². The van der Waals surface area contributed by atoms with E-state index in [1.807, 2.05) is 0 Å². The fourth-order valence-corrected chi connectivity index (χ4v) is 4.97. The van der Waals surface area contributed by atoms with Crippen LogP contribution in [0.3, 0.4) is 0 Å². The average molecular weight is 451 g/mol. The van der Waals surface area contributed by atoms with E-state index < -0.39 is 0 Å². The predicted octanol–water partition coefficient (Wildman–Crippen LogP) is 4.62. The van der Waals surface area contributed by atoms with Gasteiger partial charge in [0, 0.05) is 23.7 Å². The summed E-state index contributed by atoms with van der Waals surface area (Å²) in [5.74, 6) is 0.864. The smallest absolute Gasteiger partial charge is 0.291 e. The summed E-state index contributed by atoms with van der Waals surface area (Å²) in [5, 5.41) is 8.28. The quantitative estimate of drug-likeness (QED) is 0.460. The summed E-state index contributed by atoms with van der Waals surface area (Å²) in [5.41, 5.74) is 0.914. The lowest BCUT2D eigenvalue weighted by atomic mass is 9.90. The highest BCUT2D eigenvalue weighted by molar-refractivity contribution is 7.16.